The largest absolute Gasteiger partial charge is 0.481 e. The van der Waals surface area contributed by atoms with Crippen molar-refractivity contribution in [2.45, 2.75) is 19.3 Å². The second-order valence-corrected chi connectivity index (χ2v) is 5.16. The van der Waals surface area contributed by atoms with Crippen LogP contribution >= 0.6 is 0 Å². The highest BCUT2D eigenvalue weighted by atomic mass is 16.4. The third-order valence-electron chi connectivity index (χ3n) is 3.46. The van der Waals surface area contributed by atoms with Gasteiger partial charge >= 0.3 is 12.0 Å². The van der Waals surface area contributed by atoms with Gasteiger partial charge in [0.15, 0.2) is 0 Å². The molecule has 2 rings (SSSR count). The van der Waals surface area contributed by atoms with E-state index in [2.05, 4.69) is 10.4 Å². The van der Waals surface area contributed by atoms with Crippen molar-refractivity contribution in [1.29, 1.82) is 0 Å². The fourth-order valence-corrected chi connectivity index (χ4v) is 2.44. The molecule has 2 amide bonds. The highest BCUT2D eigenvalue weighted by Crippen LogP contribution is 2.19. The van der Waals surface area contributed by atoms with Crippen LogP contribution in [-0.2, 0) is 18.3 Å². The van der Waals surface area contributed by atoms with Crippen LogP contribution in [0.2, 0.25) is 0 Å². The molecule has 110 valence electrons. The average molecular weight is 280 g/mol. The predicted molar refractivity (Wildman–Crippen MR) is 72.2 cm³/mol. The van der Waals surface area contributed by atoms with E-state index in [0.29, 0.717) is 26.1 Å². The lowest BCUT2D eigenvalue weighted by Crippen LogP contribution is -2.39. The molecule has 0 aliphatic carbocycles. The summed E-state index contributed by atoms with van der Waals surface area (Å²) >= 11 is 0. The van der Waals surface area contributed by atoms with Crippen LogP contribution in [0.4, 0.5) is 4.79 Å². The Hall–Kier alpha value is -2.05. The van der Waals surface area contributed by atoms with Gasteiger partial charge in [0, 0.05) is 45.7 Å². The Morgan fingerprint density at radius 3 is 3.00 bits per heavy atom. The number of carbonyl (C=O) groups is 2. The Labute approximate surface area is 117 Å². The molecule has 1 saturated heterocycles. The lowest BCUT2D eigenvalue weighted by molar-refractivity contribution is -0.138. The molecular weight excluding hydrogens is 260 g/mol. The molecule has 2 N–H and O–H groups in total. The zero-order valence-corrected chi connectivity index (χ0v) is 11.6. The SMILES string of the molecule is Cn1ccc(CCNC(=O)N2CCC(CC(=O)O)C2)n1. The average Bonchev–Trinajstić information content (AvgIpc) is 2.98. The molecule has 2 heterocycles. The van der Waals surface area contributed by atoms with Crippen LogP contribution in [0.3, 0.4) is 0 Å². The van der Waals surface area contributed by atoms with Gasteiger partial charge in [0.2, 0.25) is 0 Å². The number of nitrogens with one attached hydrogen (secondary N) is 1. The van der Waals surface area contributed by atoms with E-state index < -0.39 is 5.97 Å². The van der Waals surface area contributed by atoms with Gasteiger partial charge in [-0.15, -0.1) is 0 Å². The Balaban J connectivity index is 1.69. The van der Waals surface area contributed by atoms with Gasteiger partial charge in [-0.1, -0.05) is 0 Å². The number of hydrogen-bond acceptors (Lipinski definition) is 3. The number of carboxylic acids is 1. The molecule has 1 fully saturated rings. The van der Waals surface area contributed by atoms with Gasteiger partial charge in [-0.3, -0.25) is 9.48 Å². The van der Waals surface area contributed by atoms with Gasteiger partial charge in [-0.25, -0.2) is 4.79 Å². The van der Waals surface area contributed by atoms with Gasteiger partial charge in [0.1, 0.15) is 0 Å². The van der Waals surface area contributed by atoms with Crippen LogP contribution in [0.25, 0.3) is 0 Å². The lowest BCUT2D eigenvalue weighted by Gasteiger charge is -2.16. The molecule has 0 bridgehead atoms. The van der Waals surface area contributed by atoms with Gasteiger partial charge in [-0.2, -0.15) is 5.10 Å². The summed E-state index contributed by atoms with van der Waals surface area (Å²) in [5, 5.41) is 15.8. The quantitative estimate of drug-likeness (QED) is 0.820. The minimum absolute atomic E-state index is 0.0778. The molecular formula is C13H20N4O3. The summed E-state index contributed by atoms with van der Waals surface area (Å²) < 4.78 is 1.73. The first-order valence-electron chi connectivity index (χ1n) is 6.77. The van der Waals surface area contributed by atoms with Crippen molar-refractivity contribution in [3.63, 3.8) is 0 Å². The van der Waals surface area contributed by atoms with Crippen molar-refractivity contribution in [3.05, 3.63) is 18.0 Å². The fourth-order valence-electron chi connectivity index (χ4n) is 2.44. The summed E-state index contributed by atoms with van der Waals surface area (Å²) in [4.78, 5) is 24.2. The number of amides is 2. The van der Waals surface area contributed by atoms with Gasteiger partial charge in [0.25, 0.3) is 0 Å². The molecule has 1 aromatic rings. The summed E-state index contributed by atoms with van der Waals surface area (Å²) in [6, 6.07) is 1.80. The topological polar surface area (TPSA) is 87.5 Å². The molecule has 1 unspecified atom stereocenters. The standard InChI is InChI=1S/C13H20N4O3/c1-16-6-4-11(15-16)2-5-14-13(20)17-7-3-10(9-17)8-12(18)19/h4,6,10H,2-3,5,7-9H2,1H3,(H,14,20)(H,18,19). The third-order valence-corrected chi connectivity index (χ3v) is 3.46. The highest BCUT2D eigenvalue weighted by molar-refractivity contribution is 5.74. The zero-order chi connectivity index (χ0) is 14.5. The van der Waals surface area contributed by atoms with E-state index in [1.54, 1.807) is 9.58 Å². The van der Waals surface area contributed by atoms with E-state index in [0.717, 1.165) is 12.1 Å². The molecule has 0 radical (unpaired) electrons. The maximum atomic E-state index is 11.9. The number of aromatic nitrogens is 2. The van der Waals surface area contributed by atoms with Gasteiger partial charge in [-0.05, 0) is 18.4 Å². The Bertz CT molecular complexity index is 486. The van der Waals surface area contributed by atoms with Crippen molar-refractivity contribution in [3.8, 4) is 0 Å². The number of nitrogens with zero attached hydrogens (tertiary/aromatic N) is 3. The Kier molecular flexibility index (Phi) is 4.60. The number of carboxylic acid groups (broad SMARTS) is 1. The molecule has 0 saturated carbocycles. The summed E-state index contributed by atoms with van der Waals surface area (Å²) in [6.07, 6.45) is 3.46. The van der Waals surface area contributed by atoms with Crippen LogP contribution in [0.5, 0.6) is 0 Å². The monoisotopic (exact) mass is 280 g/mol. The van der Waals surface area contributed by atoms with Crippen molar-refractivity contribution in [1.82, 2.24) is 20.0 Å². The van der Waals surface area contributed by atoms with E-state index >= 15 is 0 Å². The molecule has 1 aliphatic rings. The summed E-state index contributed by atoms with van der Waals surface area (Å²) in [6.45, 7) is 1.70. The molecule has 20 heavy (non-hydrogen) atoms. The first-order chi connectivity index (χ1) is 9.54. The minimum Gasteiger partial charge on any atom is -0.481 e. The summed E-state index contributed by atoms with van der Waals surface area (Å²) in [7, 11) is 1.86. The molecule has 0 aromatic carbocycles. The predicted octanol–water partition coefficient (Wildman–Crippen LogP) is 0.469. The summed E-state index contributed by atoms with van der Waals surface area (Å²) in [5.41, 5.74) is 0.943. The van der Waals surface area contributed by atoms with E-state index in [1.165, 1.54) is 0 Å². The van der Waals surface area contributed by atoms with E-state index in [-0.39, 0.29) is 18.4 Å². The number of likely N-dealkylation sites (tertiary alicyclic amines) is 1. The highest BCUT2D eigenvalue weighted by Gasteiger charge is 2.27. The Morgan fingerprint density at radius 1 is 1.55 bits per heavy atom. The van der Waals surface area contributed by atoms with Crippen LogP contribution in [0.15, 0.2) is 12.3 Å². The van der Waals surface area contributed by atoms with Crippen molar-refractivity contribution < 1.29 is 14.7 Å². The zero-order valence-electron chi connectivity index (χ0n) is 11.6. The lowest BCUT2D eigenvalue weighted by atomic mass is 10.1. The number of aliphatic carboxylic acids is 1. The van der Waals surface area contributed by atoms with E-state index in [9.17, 15) is 9.59 Å². The van der Waals surface area contributed by atoms with Crippen molar-refractivity contribution in [2.24, 2.45) is 13.0 Å². The van der Waals surface area contributed by atoms with Crippen molar-refractivity contribution >= 4 is 12.0 Å². The summed E-state index contributed by atoms with van der Waals surface area (Å²) in [5.74, 6) is -0.721. The number of urea groups is 1. The molecule has 1 aromatic heterocycles. The number of aryl methyl sites for hydroxylation is 1. The molecule has 7 nitrogen and oxygen atoms in total. The van der Waals surface area contributed by atoms with Crippen LogP contribution in [-0.4, -0.2) is 51.4 Å². The first kappa shape index (κ1) is 14.4. The Morgan fingerprint density at radius 2 is 2.35 bits per heavy atom. The molecule has 7 heteroatoms. The first-order valence-corrected chi connectivity index (χ1v) is 6.77. The number of hydrogen-bond donors (Lipinski definition) is 2. The van der Waals surface area contributed by atoms with Crippen LogP contribution in [0.1, 0.15) is 18.5 Å². The number of rotatable bonds is 5. The van der Waals surface area contributed by atoms with E-state index in [1.807, 2.05) is 19.3 Å². The second-order valence-electron chi connectivity index (χ2n) is 5.16. The number of carbonyl (C=O) groups excluding carboxylic acids is 1. The minimum atomic E-state index is -0.799. The van der Waals surface area contributed by atoms with Gasteiger partial charge in [0.05, 0.1) is 5.69 Å². The fraction of sp³-hybridized carbons (Fsp3) is 0.615. The van der Waals surface area contributed by atoms with Crippen LogP contribution in [0, 0.1) is 5.92 Å². The second kappa shape index (κ2) is 6.40. The van der Waals surface area contributed by atoms with Gasteiger partial charge < -0.3 is 15.3 Å². The normalized spacial score (nSPS) is 18.2. The molecule has 0 spiro atoms. The smallest absolute Gasteiger partial charge is 0.317 e. The third kappa shape index (κ3) is 3.97. The molecule has 1 aliphatic heterocycles. The molecule has 1 atom stereocenters. The maximum absolute atomic E-state index is 11.9. The van der Waals surface area contributed by atoms with Crippen molar-refractivity contribution in [2.75, 3.05) is 19.6 Å². The van der Waals surface area contributed by atoms with Crippen LogP contribution < -0.4 is 5.32 Å². The maximum Gasteiger partial charge on any atom is 0.317 e. The van der Waals surface area contributed by atoms with E-state index in [4.69, 9.17) is 5.11 Å².